The van der Waals surface area contributed by atoms with Crippen molar-refractivity contribution in [1.29, 1.82) is 0 Å². The molecule has 10 heteroatoms. The smallest absolute Gasteiger partial charge is 0.330 e. The molecule has 3 aliphatic rings. The summed E-state index contributed by atoms with van der Waals surface area (Å²) in [6.45, 7) is 6.01. The number of rotatable bonds is 9. The number of hydrogen-bond acceptors (Lipinski definition) is 8. The topological polar surface area (TPSA) is 127 Å². The Morgan fingerprint density at radius 1 is 1.22 bits per heavy atom. The molecule has 3 heterocycles. The molecule has 1 aromatic carbocycles. The molecule has 5 rings (SSSR count). The van der Waals surface area contributed by atoms with Crippen LogP contribution in [-0.4, -0.2) is 45.4 Å². The number of Topliss-reactive ketones (excluding diaryl/α,β-unsaturated/α-hetero) is 1. The molecule has 1 amide bonds. The Morgan fingerprint density at radius 2 is 2.00 bits per heavy atom. The number of phenolic OH excluding ortho intramolecular Hbond substituents is 1. The Morgan fingerprint density at radius 3 is 2.68 bits per heavy atom. The molecule has 0 bridgehead atoms. The largest absolute Gasteiger partial charge is 0.508 e. The molecule has 2 aromatic rings. The van der Waals surface area contributed by atoms with Crippen LogP contribution in [0.25, 0.3) is 5.57 Å². The Bertz CT molecular complexity index is 1600. The predicted octanol–water partition coefficient (Wildman–Crippen LogP) is 2.43. The van der Waals surface area contributed by atoms with Crippen LogP contribution >= 0.6 is 11.8 Å². The van der Waals surface area contributed by atoms with Gasteiger partial charge in [0.15, 0.2) is 11.4 Å². The van der Waals surface area contributed by atoms with E-state index in [9.17, 15) is 24.3 Å². The van der Waals surface area contributed by atoms with Crippen molar-refractivity contribution in [3.05, 3.63) is 62.0 Å². The number of amides is 1. The summed E-state index contributed by atoms with van der Waals surface area (Å²) in [6.07, 6.45) is 3.78. The molecular weight excluding hydrogens is 542 g/mol. The predicted molar refractivity (Wildman–Crippen MR) is 156 cm³/mol. The standard InChI is InChI=1S/C31H37N3O6S/c1-5-18-20-14-17(35)8-10-23(20)33-28-21(18)16-34-25(28)15-22-19(29(34)38)9-11-26(36)31(22,7-3)40-30(39)24(12-13-41-4)32-27(37)6-2/h8,10,14-15,21,24,28,35H,5-7,9,11-13,16H2,1-4H3,(H,32,37)/t21?,24?,28?,31-/m0/s1. The van der Waals surface area contributed by atoms with Crippen LogP contribution < -0.4 is 21.5 Å². The first-order valence-electron chi connectivity index (χ1n) is 14.4. The van der Waals surface area contributed by atoms with E-state index >= 15 is 0 Å². The van der Waals surface area contributed by atoms with Gasteiger partial charge in [0, 0.05) is 47.3 Å². The lowest BCUT2D eigenvalue weighted by Gasteiger charge is -2.37. The Labute approximate surface area is 243 Å². The van der Waals surface area contributed by atoms with E-state index in [1.54, 1.807) is 48.4 Å². The molecule has 1 aliphatic carbocycles. The van der Waals surface area contributed by atoms with E-state index in [0.29, 0.717) is 35.5 Å². The average molecular weight is 580 g/mol. The van der Waals surface area contributed by atoms with Gasteiger partial charge in [0.1, 0.15) is 11.8 Å². The average Bonchev–Trinajstić information content (AvgIpc) is 3.33. The van der Waals surface area contributed by atoms with Crippen molar-refractivity contribution in [1.82, 2.24) is 9.88 Å². The van der Waals surface area contributed by atoms with E-state index < -0.39 is 17.6 Å². The number of ether oxygens (including phenoxy) is 1. The van der Waals surface area contributed by atoms with Gasteiger partial charge in [-0.2, -0.15) is 11.8 Å². The lowest BCUT2D eigenvalue weighted by Crippen LogP contribution is -2.50. The lowest BCUT2D eigenvalue weighted by molar-refractivity contribution is -0.173. The summed E-state index contributed by atoms with van der Waals surface area (Å²) in [4.78, 5) is 58.4. The van der Waals surface area contributed by atoms with Gasteiger partial charge in [-0.1, -0.05) is 26.3 Å². The summed E-state index contributed by atoms with van der Waals surface area (Å²) in [5, 5.41) is 14.5. The van der Waals surface area contributed by atoms with E-state index in [1.165, 1.54) is 0 Å². The summed E-state index contributed by atoms with van der Waals surface area (Å²) >= 11 is 1.55. The van der Waals surface area contributed by atoms with Crippen LogP contribution in [0.5, 0.6) is 5.75 Å². The number of pyridine rings is 1. The molecule has 0 saturated carbocycles. The number of nitrogens with one attached hydrogen (secondary N) is 1. The van der Waals surface area contributed by atoms with Crippen LogP contribution in [-0.2, 0) is 37.7 Å². The first-order valence-corrected chi connectivity index (χ1v) is 15.8. The number of aromatic hydroxyl groups is 1. The first-order chi connectivity index (χ1) is 19.7. The number of phenols is 1. The third kappa shape index (κ3) is 4.90. The van der Waals surface area contributed by atoms with Crippen molar-refractivity contribution >= 4 is 35.0 Å². The summed E-state index contributed by atoms with van der Waals surface area (Å²) < 4.78 is 7.87. The van der Waals surface area contributed by atoms with Crippen LogP contribution in [0.15, 0.2) is 34.1 Å². The second-order valence-corrected chi connectivity index (χ2v) is 11.9. The van der Waals surface area contributed by atoms with E-state index in [1.807, 2.05) is 12.3 Å². The highest BCUT2D eigenvalue weighted by atomic mass is 32.2. The molecule has 9 nitrogen and oxygen atoms in total. The third-order valence-electron chi connectivity index (χ3n) is 8.74. The number of benzene rings is 1. The van der Waals surface area contributed by atoms with Gasteiger partial charge in [-0.3, -0.25) is 19.4 Å². The van der Waals surface area contributed by atoms with Crippen LogP contribution in [0.3, 0.4) is 0 Å². The zero-order valence-electron chi connectivity index (χ0n) is 24.0. The highest BCUT2D eigenvalue weighted by molar-refractivity contribution is 7.98. The number of carbonyl (C=O) groups is 3. The molecule has 2 N–H and O–H groups in total. The van der Waals surface area contributed by atoms with Crippen molar-refractivity contribution in [2.45, 2.75) is 83.5 Å². The third-order valence-corrected chi connectivity index (χ3v) is 9.38. The summed E-state index contributed by atoms with van der Waals surface area (Å²) in [5.74, 6) is -0.438. The number of carbonyl (C=O) groups excluding carboxylic acids is 3. The monoisotopic (exact) mass is 579 g/mol. The Kier molecular flexibility index (Phi) is 8.14. The van der Waals surface area contributed by atoms with Gasteiger partial charge >= 0.3 is 5.97 Å². The maximum Gasteiger partial charge on any atom is 0.330 e. The van der Waals surface area contributed by atoms with Crippen molar-refractivity contribution in [2.24, 2.45) is 10.9 Å². The maximum atomic E-state index is 14.0. The van der Waals surface area contributed by atoms with Gasteiger partial charge in [0.25, 0.3) is 5.56 Å². The van der Waals surface area contributed by atoms with E-state index in [2.05, 4.69) is 12.2 Å². The second-order valence-electron chi connectivity index (χ2n) is 10.9. The first kappa shape index (κ1) is 29.1. The highest BCUT2D eigenvalue weighted by Crippen LogP contribution is 2.44. The summed E-state index contributed by atoms with van der Waals surface area (Å²) in [5.41, 5.74) is 0.977. The molecule has 0 radical (unpaired) electrons. The highest BCUT2D eigenvalue weighted by Gasteiger charge is 2.50. The minimum absolute atomic E-state index is 0.0553. The molecule has 3 unspecified atom stereocenters. The van der Waals surface area contributed by atoms with E-state index in [-0.39, 0.29) is 60.6 Å². The Hall–Kier alpha value is -3.40. The number of thioether (sulfide) groups is 1. The van der Waals surface area contributed by atoms with Crippen LogP contribution in [0.4, 0.5) is 0 Å². The molecule has 41 heavy (non-hydrogen) atoms. The lowest BCUT2D eigenvalue weighted by atomic mass is 9.76. The van der Waals surface area contributed by atoms with Gasteiger partial charge < -0.3 is 19.7 Å². The Balaban J connectivity index is 1.61. The SMILES string of the molecule is CCC(=O)NC(CCSC)C(=O)O[C@]1(CC)C(=O)CCc2c1cc1n(c2=O)CC2C(CC)=c3cc(O)ccc3=NC12. The number of fused-ring (bicyclic) bond motifs is 5. The number of hydrogen-bond donors (Lipinski definition) is 2. The van der Waals surface area contributed by atoms with Crippen molar-refractivity contribution < 1.29 is 24.2 Å². The van der Waals surface area contributed by atoms with Crippen LogP contribution in [0.1, 0.15) is 75.7 Å². The zero-order valence-corrected chi connectivity index (χ0v) is 24.8. The van der Waals surface area contributed by atoms with Gasteiger partial charge in [0.05, 0.1) is 11.4 Å². The normalized spacial score (nSPS) is 23.0. The molecule has 0 fully saturated rings. The van der Waals surface area contributed by atoms with E-state index in [0.717, 1.165) is 22.6 Å². The number of nitrogens with zero attached hydrogens (tertiary/aromatic N) is 2. The maximum absolute atomic E-state index is 14.0. The molecular formula is C31H37N3O6S. The quantitative estimate of drug-likeness (QED) is 0.437. The fraction of sp³-hybridized carbons (Fsp3) is 0.516. The molecule has 2 aliphatic heterocycles. The number of ketones is 1. The van der Waals surface area contributed by atoms with Gasteiger partial charge in [-0.25, -0.2) is 4.79 Å². The van der Waals surface area contributed by atoms with Crippen molar-refractivity contribution in [2.75, 3.05) is 12.0 Å². The molecule has 218 valence electrons. The fourth-order valence-electron chi connectivity index (χ4n) is 6.59. The van der Waals surface area contributed by atoms with Crippen molar-refractivity contribution in [3.63, 3.8) is 0 Å². The molecule has 1 aromatic heterocycles. The fourth-order valence-corrected chi connectivity index (χ4v) is 7.06. The van der Waals surface area contributed by atoms with Gasteiger partial charge in [-0.15, -0.1) is 0 Å². The molecule has 0 saturated heterocycles. The minimum atomic E-state index is -1.61. The van der Waals surface area contributed by atoms with E-state index in [4.69, 9.17) is 9.73 Å². The summed E-state index contributed by atoms with van der Waals surface area (Å²) in [7, 11) is 0. The second kappa shape index (κ2) is 11.5. The van der Waals surface area contributed by atoms with Crippen LogP contribution in [0, 0.1) is 5.92 Å². The minimum Gasteiger partial charge on any atom is -0.508 e. The number of aromatic nitrogens is 1. The van der Waals surface area contributed by atoms with Crippen LogP contribution in [0.2, 0.25) is 0 Å². The molecule has 0 spiro atoms. The van der Waals surface area contributed by atoms with Gasteiger partial charge in [0.2, 0.25) is 5.91 Å². The number of esters is 1. The summed E-state index contributed by atoms with van der Waals surface area (Å²) in [6, 6.07) is 5.76. The molecule has 4 atom stereocenters. The zero-order chi connectivity index (χ0) is 29.5. The van der Waals surface area contributed by atoms with Crippen molar-refractivity contribution in [3.8, 4) is 5.75 Å². The van der Waals surface area contributed by atoms with Gasteiger partial charge in [-0.05, 0) is 62.0 Å².